The molecule has 0 aliphatic heterocycles. The second kappa shape index (κ2) is 4.62. The van der Waals surface area contributed by atoms with E-state index in [1.54, 1.807) is 0 Å². The molecule has 3 rings (SSSR count). The molecule has 0 atom stereocenters. The Bertz CT molecular complexity index is 710. The van der Waals surface area contributed by atoms with E-state index in [1.807, 2.05) is 47.0 Å². The van der Waals surface area contributed by atoms with Crippen LogP contribution in [0.1, 0.15) is 0 Å². The standard InChI is InChI=1S/C12H9BrN4S/c13-8-4-5-9(14)10(7-8)18-12-16-15-11-3-1-2-6-17(11)12/h1-7H,14H2. The van der Waals surface area contributed by atoms with Crippen LogP contribution in [0.2, 0.25) is 0 Å². The zero-order valence-corrected chi connectivity index (χ0v) is 11.6. The molecule has 18 heavy (non-hydrogen) atoms. The van der Waals surface area contributed by atoms with E-state index in [0.29, 0.717) is 0 Å². The van der Waals surface area contributed by atoms with Gasteiger partial charge in [-0.15, -0.1) is 10.2 Å². The van der Waals surface area contributed by atoms with Gasteiger partial charge < -0.3 is 5.73 Å². The Morgan fingerprint density at radius 2 is 2.06 bits per heavy atom. The van der Waals surface area contributed by atoms with Crippen molar-refractivity contribution < 1.29 is 0 Å². The van der Waals surface area contributed by atoms with E-state index >= 15 is 0 Å². The van der Waals surface area contributed by atoms with E-state index in [4.69, 9.17) is 5.73 Å². The van der Waals surface area contributed by atoms with Gasteiger partial charge in [0.25, 0.3) is 0 Å². The van der Waals surface area contributed by atoms with Gasteiger partial charge in [-0.05, 0) is 42.1 Å². The number of rotatable bonds is 2. The minimum Gasteiger partial charge on any atom is -0.398 e. The SMILES string of the molecule is Nc1ccc(Br)cc1Sc1nnc2ccccn12. The lowest BCUT2D eigenvalue weighted by molar-refractivity contribution is 0.921. The molecule has 0 aliphatic rings. The summed E-state index contributed by atoms with van der Waals surface area (Å²) in [4.78, 5) is 0.961. The van der Waals surface area contributed by atoms with Gasteiger partial charge in [0.1, 0.15) is 0 Å². The van der Waals surface area contributed by atoms with Gasteiger partial charge >= 0.3 is 0 Å². The maximum atomic E-state index is 5.95. The van der Waals surface area contributed by atoms with Crippen LogP contribution < -0.4 is 5.73 Å². The lowest BCUT2D eigenvalue weighted by atomic mass is 10.3. The number of nitrogens with two attached hydrogens (primary N) is 1. The molecule has 0 unspecified atom stereocenters. The minimum atomic E-state index is 0.732. The van der Waals surface area contributed by atoms with Crippen molar-refractivity contribution in [2.75, 3.05) is 5.73 Å². The molecule has 90 valence electrons. The van der Waals surface area contributed by atoms with Gasteiger partial charge in [-0.25, -0.2) is 0 Å². The maximum Gasteiger partial charge on any atom is 0.200 e. The largest absolute Gasteiger partial charge is 0.398 e. The topological polar surface area (TPSA) is 56.2 Å². The third kappa shape index (κ3) is 2.09. The summed E-state index contributed by atoms with van der Waals surface area (Å²) in [5, 5.41) is 9.07. The van der Waals surface area contributed by atoms with E-state index in [-0.39, 0.29) is 0 Å². The normalized spacial score (nSPS) is 10.9. The number of anilines is 1. The Morgan fingerprint density at radius 3 is 2.94 bits per heavy atom. The van der Waals surface area contributed by atoms with Gasteiger partial charge in [-0.3, -0.25) is 4.40 Å². The van der Waals surface area contributed by atoms with Gasteiger partial charge in [0, 0.05) is 21.3 Å². The van der Waals surface area contributed by atoms with Crippen molar-refractivity contribution >= 4 is 39.0 Å². The molecule has 2 heterocycles. The van der Waals surface area contributed by atoms with Crippen molar-refractivity contribution in [2.24, 2.45) is 0 Å². The number of nitrogen functional groups attached to an aromatic ring is 1. The number of benzene rings is 1. The fourth-order valence-corrected chi connectivity index (χ4v) is 3.00. The molecule has 0 bridgehead atoms. The summed E-state index contributed by atoms with van der Waals surface area (Å²) in [6.45, 7) is 0. The maximum absolute atomic E-state index is 5.95. The first-order chi connectivity index (χ1) is 8.74. The lowest BCUT2D eigenvalue weighted by Gasteiger charge is -2.04. The van der Waals surface area contributed by atoms with E-state index in [0.717, 1.165) is 25.9 Å². The molecule has 4 nitrogen and oxygen atoms in total. The Kier molecular flexibility index (Phi) is 2.97. The minimum absolute atomic E-state index is 0.732. The molecule has 0 radical (unpaired) electrons. The molecule has 2 N–H and O–H groups in total. The predicted molar refractivity (Wildman–Crippen MR) is 75.7 cm³/mol. The first-order valence-electron chi connectivity index (χ1n) is 5.27. The van der Waals surface area contributed by atoms with Crippen molar-refractivity contribution in [2.45, 2.75) is 10.1 Å². The van der Waals surface area contributed by atoms with Crippen LogP contribution >= 0.6 is 27.7 Å². The molecular formula is C12H9BrN4S. The van der Waals surface area contributed by atoms with Crippen LogP contribution in [0.5, 0.6) is 0 Å². The van der Waals surface area contributed by atoms with Crippen LogP contribution in [0.4, 0.5) is 5.69 Å². The van der Waals surface area contributed by atoms with Crippen LogP contribution in [0.25, 0.3) is 5.65 Å². The summed E-state index contributed by atoms with van der Waals surface area (Å²) >= 11 is 4.94. The first-order valence-corrected chi connectivity index (χ1v) is 6.87. The average Bonchev–Trinajstić information content (AvgIpc) is 2.78. The quantitative estimate of drug-likeness (QED) is 0.736. The fourth-order valence-electron chi connectivity index (χ4n) is 1.58. The zero-order chi connectivity index (χ0) is 12.5. The molecule has 2 aromatic heterocycles. The summed E-state index contributed by atoms with van der Waals surface area (Å²) in [5.74, 6) is 0. The van der Waals surface area contributed by atoms with Crippen LogP contribution in [-0.2, 0) is 0 Å². The van der Waals surface area contributed by atoms with Crippen molar-refractivity contribution in [3.8, 4) is 0 Å². The van der Waals surface area contributed by atoms with E-state index in [2.05, 4.69) is 26.1 Å². The molecule has 1 aromatic carbocycles. The average molecular weight is 321 g/mol. The molecule has 0 spiro atoms. The second-order valence-electron chi connectivity index (χ2n) is 3.70. The smallest absolute Gasteiger partial charge is 0.200 e. The van der Waals surface area contributed by atoms with Gasteiger partial charge in [0.15, 0.2) is 5.65 Å². The molecule has 0 saturated heterocycles. The second-order valence-corrected chi connectivity index (χ2v) is 5.62. The number of hydrogen-bond acceptors (Lipinski definition) is 4. The highest BCUT2D eigenvalue weighted by atomic mass is 79.9. The molecule has 0 fully saturated rings. The monoisotopic (exact) mass is 320 g/mol. The predicted octanol–water partition coefficient (Wildman–Crippen LogP) is 3.23. The summed E-state index contributed by atoms with van der Waals surface area (Å²) in [5.41, 5.74) is 7.51. The Hall–Kier alpha value is -1.53. The highest BCUT2D eigenvalue weighted by Gasteiger charge is 2.09. The zero-order valence-electron chi connectivity index (χ0n) is 9.25. The highest BCUT2D eigenvalue weighted by Crippen LogP contribution is 2.33. The Balaban J connectivity index is 2.04. The molecule has 6 heteroatoms. The molecule has 3 aromatic rings. The van der Waals surface area contributed by atoms with Crippen molar-refractivity contribution in [3.05, 3.63) is 47.1 Å². The first kappa shape index (κ1) is 11.6. The molecule has 0 saturated carbocycles. The van der Waals surface area contributed by atoms with Crippen LogP contribution in [-0.4, -0.2) is 14.6 Å². The molecule has 0 amide bonds. The van der Waals surface area contributed by atoms with Crippen LogP contribution in [0, 0.1) is 0 Å². The number of hydrogen-bond donors (Lipinski definition) is 1. The summed E-state index contributed by atoms with van der Waals surface area (Å²) in [7, 11) is 0. The van der Waals surface area contributed by atoms with Crippen molar-refractivity contribution in [1.29, 1.82) is 0 Å². The fraction of sp³-hybridized carbons (Fsp3) is 0. The Morgan fingerprint density at radius 1 is 1.17 bits per heavy atom. The summed E-state index contributed by atoms with van der Waals surface area (Å²) < 4.78 is 2.93. The Labute approximate surface area is 116 Å². The third-order valence-electron chi connectivity index (χ3n) is 2.46. The van der Waals surface area contributed by atoms with Gasteiger partial charge in [-0.2, -0.15) is 0 Å². The number of fused-ring (bicyclic) bond motifs is 1. The van der Waals surface area contributed by atoms with E-state index in [9.17, 15) is 0 Å². The van der Waals surface area contributed by atoms with Crippen LogP contribution in [0.15, 0.2) is 57.1 Å². The lowest BCUT2D eigenvalue weighted by Crippen LogP contribution is -1.90. The van der Waals surface area contributed by atoms with Gasteiger partial charge in [-0.1, -0.05) is 22.0 Å². The number of nitrogens with zero attached hydrogens (tertiary/aromatic N) is 3. The number of halogens is 1. The molecular weight excluding hydrogens is 312 g/mol. The van der Waals surface area contributed by atoms with Crippen molar-refractivity contribution in [1.82, 2.24) is 14.6 Å². The number of aromatic nitrogens is 3. The third-order valence-corrected chi connectivity index (χ3v) is 3.99. The van der Waals surface area contributed by atoms with Gasteiger partial charge in [0.05, 0.1) is 0 Å². The van der Waals surface area contributed by atoms with Gasteiger partial charge in [0.2, 0.25) is 5.16 Å². The molecule has 0 aliphatic carbocycles. The van der Waals surface area contributed by atoms with E-state index in [1.165, 1.54) is 11.8 Å². The summed E-state index contributed by atoms with van der Waals surface area (Å²) in [6.07, 6.45) is 1.94. The highest BCUT2D eigenvalue weighted by molar-refractivity contribution is 9.10. The van der Waals surface area contributed by atoms with Crippen LogP contribution in [0.3, 0.4) is 0 Å². The van der Waals surface area contributed by atoms with E-state index < -0.39 is 0 Å². The number of pyridine rings is 1. The summed E-state index contributed by atoms with van der Waals surface area (Å²) in [6, 6.07) is 11.6. The van der Waals surface area contributed by atoms with Crippen molar-refractivity contribution in [3.63, 3.8) is 0 Å².